The van der Waals surface area contributed by atoms with Crippen molar-refractivity contribution < 1.29 is 9.53 Å². The minimum atomic E-state index is -0.587. The summed E-state index contributed by atoms with van der Waals surface area (Å²) in [5.41, 5.74) is 0.491. The van der Waals surface area contributed by atoms with Gasteiger partial charge in [0.2, 0.25) is 0 Å². The smallest absolute Gasteiger partial charge is 0.338 e. The zero-order valence-corrected chi connectivity index (χ0v) is 18.1. The third-order valence-corrected chi connectivity index (χ3v) is 6.35. The largest absolute Gasteiger partial charge is 0.455 e. The zero-order valence-electron chi connectivity index (χ0n) is 15.7. The van der Waals surface area contributed by atoms with E-state index in [1.54, 1.807) is 30.3 Å². The summed E-state index contributed by atoms with van der Waals surface area (Å²) < 4.78 is 9.02. The van der Waals surface area contributed by atoms with E-state index in [0.717, 1.165) is 14.1 Å². The lowest BCUT2D eigenvalue weighted by Crippen LogP contribution is -2.33. The van der Waals surface area contributed by atoms with E-state index in [4.69, 9.17) is 4.74 Å². The van der Waals surface area contributed by atoms with Crippen LogP contribution in [0.5, 0.6) is 0 Å². The Kier molecular flexibility index (Phi) is 4.79. The van der Waals surface area contributed by atoms with Crippen LogP contribution in [0.4, 0.5) is 0 Å². The topological polar surface area (TPSA) is 98.5 Å². The maximum atomic E-state index is 12.9. The number of hydrogen-bond donors (Lipinski definition) is 1. The van der Waals surface area contributed by atoms with Crippen molar-refractivity contribution in [2.24, 2.45) is 0 Å². The lowest BCUT2D eigenvalue weighted by Gasteiger charge is -2.08. The summed E-state index contributed by atoms with van der Waals surface area (Å²) in [6.07, 6.45) is 1.87. The number of halogens is 1. The van der Waals surface area contributed by atoms with Crippen LogP contribution in [0.3, 0.4) is 0 Å². The third-order valence-electron chi connectivity index (χ3n) is 4.76. The van der Waals surface area contributed by atoms with Crippen molar-refractivity contribution in [2.75, 3.05) is 0 Å². The summed E-state index contributed by atoms with van der Waals surface area (Å²) in [6.45, 7) is -0.0159. The summed E-state index contributed by atoms with van der Waals surface area (Å²) >= 11 is 4.92. The highest BCUT2D eigenvalue weighted by atomic mass is 79.9. The number of hydrogen-bond acceptors (Lipinski definition) is 6. The number of para-hydroxylation sites is 1. The van der Waals surface area contributed by atoms with Crippen molar-refractivity contribution in [1.82, 2.24) is 18.9 Å². The Morgan fingerprint density at radius 1 is 1.16 bits per heavy atom. The van der Waals surface area contributed by atoms with Gasteiger partial charge in [0.25, 0.3) is 5.56 Å². The Hall–Kier alpha value is -3.50. The molecule has 10 heteroatoms. The average Bonchev–Trinajstić information content (AvgIpc) is 3.35. The highest BCUT2D eigenvalue weighted by Crippen LogP contribution is 2.23. The average molecular weight is 497 g/mol. The Balaban J connectivity index is 1.45. The highest BCUT2D eigenvalue weighted by molar-refractivity contribution is 9.10. The number of rotatable bonds is 4. The fraction of sp³-hybridized carbons (Fsp3) is 0.0476. The van der Waals surface area contributed by atoms with Crippen LogP contribution in [-0.2, 0) is 11.3 Å². The minimum absolute atomic E-state index is 0.0159. The second-order valence-corrected chi connectivity index (χ2v) is 8.27. The van der Waals surface area contributed by atoms with Gasteiger partial charge in [0.05, 0.1) is 22.2 Å². The Labute approximate surface area is 186 Å². The number of ether oxygens (including phenoxy) is 1. The van der Waals surface area contributed by atoms with Gasteiger partial charge in [-0.25, -0.2) is 19.1 Å². The van der Waals surface area contributed by atoms with E-state index >= 15 is 0 Å². The number of thiazole rings is 1. The van der Waals surface area contributed by atoms with Crippen molar-refractivity contribution in [3.63, 3.8) is 0 Å². The number of fused-ring (bicyclic) bond motifs is 2. The van der Waals surface area contributed by atoms with Crippen LogP contribution in [0.25, 0.3) is 21.6 Å². The molecule has 1 N–H and O–H groups in total. The van der Waals surface area contributed by atoms with E-state index in [2.05, 4.69) is 25.9 Å². The number of benzene rings is 2. The second kappa shape index (κ2) is 7.64. The predicted octanol–water partition coefficient (Wildman–Crippen LogP) is 3.51. The van der Waals surface area contributed by atoms with E-state index in [0.29, 0.717) is 11.4 Å². The number of imidazole rings is 1. The van der Waals surface area contributed by atoms with Gasteiger partial charge in [0.15, 0.2) is 4.96 Å². The molecule has 3 heterocycles. The first kappa shape index (κ1) is 19.5. The van der Waals surface area contributed by atoms with Crippen LogP contribution in [0.2, 0.25) is 0 Å². The standard InChI is InChI=1S/C21H13BrN4O4S/c22-17-16(24-21-25(17)8-9-31-21)11-30-19(28)12-6-7-14-15(10-12)23-20(29)26(18(14)27)13-4-2-1-3-5-13/h1-10H,11H2,(H,23,29). The first-order chi connectivity index (χ1) is 15.0. The van der Waals surface area contributed by atoms with Gasteiger partial charge in [-0.2, -0.15) is 0 Å². The number of carbonyl (C=O) groups excluding carboxylic acids is 1. The van der Waals surface area contributed by atoms with Crippen molar-refractivity contribution in [3.05, 3.63) is 96.8 Å². The van der Waals surface area contributed by atoms with Gasteiger partial charge in [0.1, 0.15) is 16.9 Å². The van der Waals surface area contributed by atoms with Crippen LogP contribution in [0.1, 0.15) is 16.1 Å². The van der Waals surface area contributed by atoms with Gasteiger partial charge in [-0.15, -0.1) is 11.3 Å². The number of aromatic nitrogens is 4. The molecular formula is C21H13BrN4O4S. The number of esters is 1. The maximum Gasteiger partial charge on any atom is 0.338 e. The number of nitrogens with one attached hydrogen (secondary N) is 1. The van der Waals surface area contributed by atoms with Gasteiger partial charge in [0, 0.05) is 11.6 Å². The molecule has 0 atom stereocenters. The van der Waals surface area contributed by atoms with Gasteiger partial charge in [-0.3, -0.25) is 9.20 Å². The molecule has 0 bridgehead atoms. The molecule has 0 aliphatic rings. The molecule has 0 fully saturated rings. The first-order valence-corrected chi connectivity index (χ1v) is 10.8. The molecule has 0 spiro atoms. The van der Waals surface area contributed by atoms with Crippen molar-refractivity contribution >= 4 is 49.1 Å². The van der Waals surface area contributed by atoms with Crippen LogP contribution in [0.15, 0.2) is 74.3 Å². The summed E-state index contributed by atoms with van der Waals surface area (Å²) in [5, 5.41) is 2.20. The Morgan fingerprint density at radius 3 is 2.74 bits per heavy atom. The molecule has 0 aliphatic carbocycles. The van der Waals surface area contributed by atoms with Gasteiger partial charge in [-0.05, 0) is 46.3 Å². The molecule has 0 radical (unpaired) electrons. The quantitative estimate of drug-likeness (QED) is 0.384. The monoisotopic (exact) mass is 496 g/mol. The lowest BCUT2D eigenvalue weighted by molar-refractivity contribution is 0.0467. The van der Waals surface area contributed by atoms with Crippen LogP contribution >= 0.6 is 27.3 Å². The molecule has 154 valence electrons. The van der Waals surface area contributed by atoms with Crippen molar-refractivity contribution in [1.29, 1.82) is 0 Å². The molecule has 0 amide bonds. The van der Waals surface area contributed by atoms with E-state index in [-0.39, 0.29) is 23.1 Å². The third kappa shape index (κ3) is 3.39. The van der Waals surface area contributed by atoms with Crippen molar-refractivity contribution in [2.45, 2.75) is 6.61 Å². The number of nitrogens with zero attached hydrogens (tertiary/aromatic N) is 3. The van der Waals surface area contributed by atoms with Gasteiger partial charge in [-0.1, -0.05) is 18.2 Å². The molecule has 0 aliphatic heterocycles. The van der Waals surface area contributed by atoms with Crippen LogP contribution < -0.4 is 11.2 Å². The minimum Gasteiger partial charge on any atom is -0.455 e. The molecule has 5 rings (SSSR count). The molecule has 8 nitrogen and oxygen atoms in total. The molecule has 0 unspecified atom stereocenters. The fourth-order valence-electron chi connectivity index (χ4n) is 3.27. The normalized spacial score (nSPS) is 11.3. The van der Waals surface area contributed by atoms with Gasteiger partial charge < -0.3 is 9.72 Å². The summed E-state index contributed by atoms with van der Waals surface area (Å²) in [5.74, 6) is -0.585. The fourth-order valence-corrected chi connectivity index (χ4v) is 4.61. The van der Waals surface area contributed by atoms with Gasteiger partial charge >= 0.3 is 11.7 Å². The number of aromatic amines is 1. The number of H-pyrrole nitrogens is 1. The highest BCUT2D eigenvalue weighted by Gasteiger charge is 2.16. The van der Waals surface area contributed by atoms with Crippen LogP contribution in [-0.4, -0.2) is 24.9 Å². The van der Waals surface area contributed by atoms with E-state index in [9.17, 15) is 14.4 Å². The summed E-state index contributed by atoms with van der Waals surface area (Å²) in [4.78, 5) is 45.8. The molecule has 0 saturated heterocycles. The van der Waals surface area contributed by atoms with E-state index in [1.807, 2.05) is 16.0 Å². The molecule has 0 saturated carbocycles. The SMILES string of the molecule is O=C(OCc1nc2sccn2c1Br)c1ccc2c(=O)n(-c3ccccc3)c(=O)[nH]c2c1. The Bertz CT molecular complexity index is 1570. The van der Waals surface area contributed by atoms with Crippen molar-refractivity contribution in [3.8, 4) is 5.69 Å². The summed E-state index contributed by atoms with van der Waals surface area (Å²) in [7, 11) is 0. The van der Waals surface area contributed by atoms with E-state index < -0.39 is 17.2 Å². The number of carbonyl (C=O) groups is 1. The van der Waals surface area contributed by atoms with Crippen LogP contribution in [0, 0.1) is 0 Å². The molecular weight excluding hydrogens is 484 g/mol. The molecule has 31 heavy (non-hydrogen) atoms. The van der Waals surface area contributed by atoms with E-state index in [1.165, 1.54) is 29.5 Å². The second-order valence-electron chi connectivity index (χ2n) is 6.65. The predicted molar refractivity (Wildman–Crippen MR) is 120 cm³/mol. The summed E-state index contributed by atoms with van der Waals surface area (Å²) in [6, 6.07) is 13.1. The molecule has 3 aromatic heterocycles. The zero-order chi connectivity index (χ0) is 21.5. The first-order valence-electron chi connectivity index (χ1n) is 9.14. The maximum absolute atomic E-state index is 12.9. The lowest BCUT2D eigenvalue weighted by atomic mass is 10.1. The molecule has 2 aromatic carbocycles. The Morgan fingerprint density at radius 2 is 1.97 bits per heavy atom. The molecule has 5 aromatic rings.